The summed E-state index contributed by atoms with van der Waals surface area (Å²) in [5.74, 6) is -2.71. The van der Waals surface area contributed by atoms with E-state index in [1.807, 2.05) is 25.3 Å². The summed E-state index contributed by atoms with van der Waals surface area (Å²) in [6.45, 7) is 5.35. The molecule has 8 heteroatoms. The van der Waals surface area contributed by atoms with Crippen molar-refractivity contribution in [1.82, 2.24) is 9.47 Å². The van der Waals surface area contributed by atoms with Gasteiger partial charge in [-0.2, -0.15) is 0 Å². The van der Waals surface area contributed by atoms with Gasteiger partial charge in [0.15, 0.2) is 0 Å². The average molecular weight is 378 g/mol. The van der Waals surface area contributed by atoms with E-state index in [0.29, 0.717) is 12.2 Å². The first kappa shape index (κ1) is 20.6. The van der Waals surface area contributed by atoms with Gasteiger partial charge in [-0.3, -0.25) is 4.90 Å². The molecule has 0 bridgehead atoms. The van der Waals surface area contributed by atoms with Crippen molar-refractivity contribution in [3.05, 3.63) is 48.4 Å². The van der Waals surface area contributed by atoms with Gasteiger partial charge in [0.1, 0.15) is 5.82 Å². The van der Waals surface area contributed by atoms with Crippen molar-refractivity contribution in [2.24, 2.45) is 0 Å². The number of carboxylic acid groups (broad SMARTS) is 2. The molecule has 7 nitrogen and oxygen atoms in total. The molecule has 2 aromatic rings. The predicted molar refractivity (Wildman–Crippen MR) is 98.0 cm³/mol. The van der Waals surface area contributed by atoms with E-state index in [4.69, 9.17) is 10.2 Å². The van der Waals surface area contributed by atoms with E-state index in [0.717, 1.165) is 43.5 Å². The number of rotatable bonds is 5. The van der Waals surface area contributed by atoms with Crippen LogP contribution in [0.1, 0.15) is 13.3 Å². The SMILES string of the molecule is CC1(O)CCN(CCn2ccc3cc(F)ccc32)C1.O=C(O)/C=C/C(=O)O. The predicted octanol–water partition coefficient (Wildman–Crippen LogP) is 1.95. The van der Waals surface area contributed by atoms with Crippen LogP contribution in [-0.4, -0.2) is 62.0 Å². The molecule has 1 aliphatic heterocycles. The number of aromatic nitrogens is 1. The van der Waals surface area contributed by atoms with Crippen LogP contribution in [0.25, 0.3) is 10.9 Å². The lowest BCUT2D eigenvalue weighted by Crippen LogP contribution is -2.31. The van der Waals surface area contributed by atoms with Crippen molar-refractivity contribution in [3.63, 3.8) is 0 Å². The molecule has 3 N–H and O–H groups in total. The molecule has 146 valence electrons. The average Bonchev–Trinajstić information content (AvgIpc) is 3.13. The van der Waals surface area contributed by atoms with E-state index in [1.54, 1.807) is 6.07 Å². The first-order valence-electron chi connectivity index (χ1n) is 8.49. The van der Waals surface area contributed by atoms with Gasteiger partial charge in [-0.15, -0.1) is 0 Å². The minimum atomic E-state index is -1.26. The molecule has 0 radical (unpaired) electrons. The van der Waals surface area contributed by atoms with Gasteiger partial charge >= 0.3 is 11.9 Å². The number of nitrogens with zero attached hydrogens (tertiary/aromatic N) is 2. The van der Waals surface area contributed by atoms with Gasteiger partial charge in [-0.1, -0.05) is 0 Å². The number of carbonyl (C=O) groups is 2. The zero-order chi connectivity index (χ0) is 20.0. The summed E-state index contributed by atoms with van der Waals surface area (Å²) in [4.78, 5) is 21.4. The molecular formula is C19H23FN2O5. The summed E-state index contributed by atoms with van der Waals surface area (Å²) in [5.41, 5.74) is 0.523. The summed E-state index contributed by atoms with van der Waals surface area (Å²) in [7, 11) is 0. The number of hydrogen-bond donors (Lipinski definition) is 3. The lowest BCUT2D eigenvalue weighted by atomic mass is 10.1. The number of aliphatic carboxylic acids is 2. The van der Waals surface area contributed by atoms with E-state index < -0.39 is 17.5 Å². The Labute approximate surface area is 155 Å². The lowest BCUT2D eigenvalue weighted by Gasteiger charge is -2.19. The Morgan fingerprint density at radius 3 is 2.41 bits per heavy atom. The highest BCUT2D eigenvalue weighted by Gasteiger charge is 2.30. The Kier molecular flexibility index (Phi) is 6.70. The molecule has 1 saturated heterocycles. The van der Waals surface area contributed by atoms with Crippen LogP contribution in [0, 0.1) is 5.82 Å². The van der Waals surface area contributed by atoms with Crippen molar-refractivity contribution < 1.29 is 29.3 Å². The van der Waals surface area contributed by atoms with Crippen molar-refractivity contribution >= 4 is 22.8 Å². The second-order valence-electron chi connectivity index (χ2n) is 6.75. The molecule has 1 aliphatic rings. The molecule has 1 aromatic carbocycles. The quantitative estimate of drug-likeness (QED) is 0.687. The van der Waals surface area contributed by atoms with Crippen molar-refractivity contribution in [1.29, 1.82) is 0 Å². The highest BCUT2D eigenvalue weighted by molar-refractivity contribution is 5.89. The van der Waals surface area contributed by atoms with E-state index in [-0.39, 0.29) is 5.82 Å². The van der Waals surface area contributed by atoms with Gasteiger partial charge in [0, 0.05) is 55.4 Å². The van der Waals surface area contributed by atoms with Gasteiger partial charge in [0.25, 0.3) is 0 Å². The van der Waals surface area contributed by atoms with Gasteiger partial charge in [-0.25, -0.2) is 14.0 Å². The number of fused-ring (bicyclic) bond motifs is 1. The highest BCUT2D eigenvalue weighted by atomic mass is 19.1. The second kappa shape index (κ2) is 8.79. The van der Waals surface area contributed by atoms with E-state index in [2.05, 4.69) is 9.47 Å². The first-order valence-corrected chi connectivity index (χ1v) is 8.49. The maximum Gasteiger partial charge on any atom is 0.328 e. The summed E-state index contributed by atoms with van der Waals surface area (Å²) in [6, 6.07) is 6.83. The lowest BCUT2D eigenvalue weighted by molar-refractivity contribution is -0.134. The number of benzene rings is 1. The number of hydrogen-bond acceptors (Lipinski definition) is 4. The number of β-amino-alcohol motifs (C(OH)–C–C–N with tert-alkyl or cyclic N) is 1. The fraction of sp³-hybridized carbons (Fsp3) is 0.368. The Balaban J connectivity index is 0.000000279. The topological polar surface area (TPSA) is 103 Å². The van der Waals surface area contributed by atoms with Crippen LogP contribution in [0.5, 0.6) is 0 Å². The van der Waals surface area contributed by atoms with Crippen LogP contribution in [-0.2, 0) is 16.1 Å². The molecule has 1 atom stereocenters. The molecule has 1 fully saturated rings. The third kappa shape index (κ3) is 6.50. The summed E-state index contributed by atoms with van der Waals surface area (Å²) < 4.78 is 15.3. The smallest absolute Gasteiger partial charge is 0.328 e. The molecule has 3 rings (SSSR count). The summed E-state index contributed by atoms with van der Waals surface area (Å²) in [5, 5.41) is 26.5. The Bertz CT molecular complexity index is 828. The third-order valence-electron chi connectivity index (χ3n) is 4.29. The van der Waals surface area contributed by atoms with Crippen LogP contribution in [0.4, 0.5) is 4.39 Å². The monoisotopic (exact) mass is 378 g/mol. The molecule has 0 spiro atoms. The molecular weight excluding hydrogens is 355 g/mol. The maximum absolute atomic E-state index is 13.1. The zero-order valence-electron chi connectivity index (χ0n) is 15.0. The molecule has 0 aliphatic carbocycles. The molecule has 1 unspecified atom stereocenters. The molecule has 0 saturated carbocycles. The molecule has 0 amide bonds. The van der Waals surface area contributed by atoms with Crippen molar-refractivity contribution in [2.75, 3.05) is 19.6 Å². The van der Waals surface area contributed by atoms with Gasteiger partial charge in [0.05, 0.1) is 5.60 Å². The fourth-order valence-electron chi connectivity index (χ4n) is 2.99. The number of aliphatic hydroxyl groups is 1. The van der Waals surface area contributed by atoms with Crippen LogP contribution in [0.3, 0.4) is 0 Å². The maximum atomic E-state index is 13.1. The van der Waals surface area contributed by atoms with Gasteiger partial charge in [0.2, 0.25) is 0 Å². The van der Waals surface area contributed by atoms with E-state index >= 15 is 0 Å². The standard InChI is InChI=1S/C15H19FN2O.C4H4O4/c1-15(19)5-7-17(11-15)8-9-18-6-4-12-10-13(16)2-3-14(12)18;5-3(6)1-2-4(7)8/h2-4,6,10,19H,5,7-9,11H2,1H3;1-2H,(H,5,6)(H,7,8)/b;2-1+. The summed E-state index contributed by atoms with van der Waals surface area (Å²) in [6.07, 6.45) is 3.95. The van der Waals surface area contributed by atoms with Crippen molar-refractivity contribution in [3.8, 4) is 0 Å². The Morgan fingerprint density at radius 2 is 1.85 bits per heavy atom. The van der Waals surface area contributed by atoms with Crippen LogP contribution in [0.2, 0.25) is 0 Å². The van der Waals surface area contributed by atoms with Crippen LogP contribution in [0.15, 0.2) is 42.6 Å². The fourth-order valence-corrected chi connectivity index (χ4v) is 2.99. The largest absolute Gasteiger partial charge is 0.478 e. The van der Waals surface area contributed by atoms with Gasteiger partial charge < -0.3 is 19.9 Å². The van der Waals surface area contributed by atoms with Crippen LogP contribution < -0.4 is 0 Å². The normalized spacial score (nSPS) is 20.0. The molecule has 27 heavy (non-hydrogen) atoms. The summed E-state index contributed by atoms with van der Waals surface area (Å²) >= 11 is 0. The van der Waals surface area contributed by atoms with Crippen molar-refractivity contribution in [2.45, 2.75) is 25.5 Å². The zero-order valence-corrected chi connectivity index (χ0v) is 15.0. The Morgan fingerprint density at radius 1 is 1.19 bits per heavy atom. The third-order valence-corrected chi connectivity index (χ3v) is 4.29. The first-order chi connectivity index (χ1) is 12.7. The minimum Gasteiger partial charge on any atom is -0.478 e. The van der Waals surface area contributed by atoms with E-state index in [9.17, 15) is 19.1 Å². The van der Waals surface area contributed by atoms with Crippen LogP contribution >= 0.6 is 0 Å². The Hall–Kier alpha value is -2.71. The number of carboxylic acids is 2. The highest BCUT2D eigenvalue weighted by Crippen LogP contribution is 2.21. The van der Waals surface area contributed by atoms with Gasteiger partial charge in [-0.05, 0) is 37.6 Å². The van der Waals surface area contributed by atoms with E-state index in [1.165, 1.54) is 6.07 Å². The number of likely N-dealkylation sites (tertiary alicyclic amines) is 1. The molecule has 1 aromatic heterocycles. The minimum absolute atomic E-state index is 0.194. The molecule has 2 heterocycles. The number of halogens is 1. The second-order valence-corrected chi connectivity index (χ2v) is 6.75.